The van der Waals surface area contributed by atoms with Crippen LogP contribution < -0.4 is 15.2 Å². The zero-order valence-corrected chi connectivity index (χ0v) is 14.2. The minimum absolute atomic E-state index is 0.0426. The highest BCUT2D eigenvalue weighted by Gasteiger charge is 2.18. The number of carbonyl (C=O) groups excluding carboxylic acids is 3. The predicted molar refractivity (Wildman–Crippen MR) is 83.0 cm³/mol. The van der Waals surface area contributed by atoms with E-state index in [-0.39, 0.29) is 25.4 Å². The molecular weight excluding hydrogens is 352 g/mol. The number of nitrogens with one attached hydrogen (secondary N) is 2. The van der Waals surface area contributed by atoms with E-state index in [1.165, 1.54) is 30.9 Å². The Bertz CT molecular complexity index is 666. The van der Waals surface area contributed by atoms with Crippen molar-refractivity contribution in [1.82, 2.24) is 10.6 Å². The zero-order valence-electron chi connectivity index (χ0n) is 14.2. The Labute approximate surface area is 148 Å². The summed E-state index contributed by atoms with van der Waals surface area (Å²) in [6, 6.07) is 2.20. The van der Waals surface area contributed by atoms with Crippen LogP contribution in [-0.2, 0) is 25.8 Å². The normalized spacial score (nSPS) is 11.0. The van der Waals surface area contributed by atoms with E-state index in [0.29, 0.717) is 0 Å². The summed E-state index contributed by atoms with van der Waals surface area (Å²) < 4.78 is 10.8. The molecule has 0 fully saturated rings. The number of alkyl carbamates (subject to hydrolysis) is 1. The maximum Gasteiger partial charge on any atom is 0.412 e. The maximum atomic E-state index is 11.9. The molecule has 0 unspecified atom stereocenters. The van der Waals surface area contributed by atoms with Crippen molar-refractivity contribution in [1.29, 1.82) is 0 Å². The van der Waals surface area contributed by atoms with Crippen LogP contribution in [0.4, 0.5) is 4.79 Å². The third kappa shape index (κ3) is 7.42. The predicted octanol–water partition coefficient (Wildman–Crippen LogP) is -0.843. The molecule has 0 saturated heterocycles. The third-order valence-electron chi connectivity index (χ3n) is 2.94. The average molecular weight is 371 g/mol. The third-order valence-corrected chi connectivity index (χ3v) is 2.94. The molecule has 12 nitrogen and oxygen atoms in total. The van der Waals surface area contributed by atoms with E-state index >= 15 is 0 Å². The van der Waals surface area contributed by atoms with Crippen molar-refractivity contribution in [3.63, 3.8) is 0 Å². The van der Waals surface area contributed by atoms with Crippen LogP contribution in [0.25, 0.3) is 0 Å². The lowest BCUT2D eigenvalue weighted by molar-refractivity contribution is -0.757. The molecule has 2 N–H and O–H groups in total. The van der Waals surface area contributed by atoms with Crippen LogP contribution in [0.15, 0.2) is 24.5 Å². The first-order chi connectivity index (χ1) is 12.3. The zero-order chi connectivity index (χ0) is 19.5. The largest absolute Gasteiger partial charge is 0.467 e. The lowest BCUT2D eigenvalue weighted by Crippen LogP contribution is -2.43. The van der Waals surface area contributed by atoms with Gasteiger partial charge in [-0.1, -0.05) is 0 Å². The highest BCUT2D eigenvalue weighted by molar-refractivity contribution is 5.93. The molecule has 26 heavy (non-hydrogen) atoms. The Kier molecular flexibility index (Phi) is 8.27. The van der Waals surface area contributed by atoms with Gasteiger partial charge in [0.25, 0.3) is 17.7 Å². The van der Waals surface area contributed by atoms with Gasteiger partial charge in [0.2, 0.25) is 0 Å². The minimum atomic E-state index is -0.952. The van der Waals surface area contributed by atoms with Crippen LogP contribution in [0.3, 0.4) is 0 Å². The number of pyridine rings is 1. The second-order valence-electron chi connectivity index (χ2n) is 4.87. The van der Waals surface area contributed by atoms with Gasteiger partial charge in [0.05, 0.1) is 7.11 Å². The van der Waals surface area contributed by atoms with Gasteiger partial charge in [-0.05, 0) is 13.0 Å². The Morgan fingerprint density at radius 1 is 1.38 bits per heavy atom. The molecule has 0 spiro atoms. The summed E-state index contributed by atoms with van der Waals surface area (Å²) in [7, 11) is 1.20. The van der Waals surface area contributed by atoms with Crippen LogP contribution in [0.5, 0.6) is 0 Å². The molecule has 12 heteroatoms. The van der Waals surface area contributed by atoms with Crippen molar-refractivity contribution in [2.45, 2.75) is 19.7 Å². The fourth-order valence-electron chi connectivity index (χ4n) is 1.71. The van der Waals surface area contributed by atoms with Crippen LogP contribution in [-0.4, -0.2) is 49.4 Å². The molecule has 1 atom stereocenters. The van der Waals surface area contributed by atoms with Crippen molar-refractivity contribution in [2.24, 2.45) is 0 Å². The van der Waals surface area contributed by atoms with Gasteiger partial charge in [-0.15, -0.1) is 10.1 Å². The van der Waals surface area contributed by atoms with Gasteiger partial charge in [0.15, 0.2) is 12.4 Å². The second kappa shape index (κ2) is 10.4. The fourth-order valence-corrected chi connectivity index (χ4v) is 1.71. The summed E-state index contributed by atoms with van der Waals surface area (Å²) in [5, 5.41) is 13.8. The first-order valence-electron chi connectivity index (χ1n) is 7.39. The highest BCUT2D eigenvalue weighted by atomic mass is 16.9. The molecule has 1 aromatic rings. The molecule has 1 aromatic heterocycles. The van der Waals surface area contributed by atoms with E-state index in [1.54, 1.807) is 12.3 Å². The number of amides is 2. The van der Waals surface area contributed by atoms with Gasteiger partial charge in [-0.3, -0.25) is 4.79 Å². The van der Waals surface area contributed by atoms with E-state index in [0.717, 1.165) is 0 Å². The molecule has 0 bridgehead atoms. The number of methoxy groups -OCH3 is 1. The van der Waals surface area contributed by atoms with Crippen molar-refractivity contribution in [3.8, 4) is 0 Å². The molecular formula is C14H19N4O8+. The van der Waals surface area contributed by atoms with Crippen LogP contribution >= 0.6 is 0 Å². The number of carbonyl (C=O) groups is 3. The van der Waals surface area contributed by atoms with E-state index < -0.39 is 29.1 Å². The Morgan fingerprint density at radius 3 is 2.77 bits per heavy atom. The molecule has 0 aliphatic heterocycles. The Hall–Kier alpha value is -3.44. The van der Waals surface area contributed by atoms with E-state index in [2.05, 4.69) is 20.2 Å². The van der Waals surface area contributed by atoms with Crippen LogP contribution in [0, 0.1) is 10.1 Å². The van der Waals surface area contributed by atoms with E-state index in [9.17, 15) is 24.5 Å². The van der Waals surface area contributed by atoms with Crippen molar-refractivity contribution in [3.05, 3.63) is 40.2 Å². The summed E-state index contributed by atoms with van der Waals surface area (Å²) >= 11 is 0. The summed E-state index contributed by atoms with van der Waals surface area (Å²) in [6.45, 7) is 0.922. The molecule has 0 saturated carbocycles. The number of hydrogen-bond donors (Lipinski definition) is 2. The number of hydrogen-bond acceptors (Lipinski definition) is 8. The molecule has 1 heterocycles. The summed E-state index contributed by atoms with van der Waals surface area (Å²) in [4.78, 5) is 48.8. The molecule has 1 rings (SSSR count). The van der Waals surface area contributed by atoms with Gasteiger partial charge in [0.1, 0.15) is 18.2 Å². The number of aromatic nitrogens is 1. The fraction of sp³-hybridized carbons (Fsp3) is 0.429. The minimum Gasteiger partial charge on any atom is -0.467 e. The summed E-state index contributed by atoms with van der Waals surface area (Å²) in [6.07, 6.45) is 2.15. The highest BCUT2D eigenvalue weighted by Crippen LogP contribution is 1.95. The van der Waals surface area contributed by atoms with Gasteiger partial charge in [-0.2, -0.15) is 4.57 Å². The Morgan fingerprint density at radius 2 is 2.12 bits per heavy atom. The molecule has 0 aliphatic rings. The topological polar surface area (TPSA) is 150 Å². The summed E-state index contributed by atoms with van der Waals surface area (Å²) in [5.41, 5.74) is 0.251. The van der Waals surface area contributed by atoms with Gasteiger partial charge in [-0.25, -0.2) is 9.59 Å². The van der Waals surface area contributed by atoms with Gasteiger partial charge >= 0.3 is 12.1 Å². The first kappa shape index (κ1) is 20.6. The quantitative estimate of drug-likeness (QED) is 0.187. The average Bonchev–Trinajstić information content (AvgIpc) is 2.62. The van der Waals surface area contributed by atoms with Crippen LogP contribution in [0.1, 0.15) is 17.3 Å². The van der Waals surface area contributed by atoms with Crippen molar-refractivity contribution in [2.75, 3.05) is 20.3 Å². The molecule has 0 aromatic carbocycles. The Balaban J connectivity index is 2.48. The van der Waals surface area contributed by atoms with Crippen molar-refractivity contribution < 1.29 is 38.3 Å². The standard InChI is InChI=1S/C14H18N4O8/c1-10(13(20)24-2)16-14(21)25-9-17-6-3-4-11(8-17)12(19)15-5-7-26-18(22)23/h3-4,6,8,10H,5,7,9H2,1-2H3,(H-,15,16,19,21)/p+1/t10-/m1/s1. The second-order valence-corrected chi connectivity index (χ2v) is 4.87. The lowest BCUT2D eigenvalue weighted by Gasteiger charge is -2.10. The maximum absolute atomic E-state index is 11.9. The lowest BCUT2D eigenvalue weighted by atomic mass is 10.2. The summed E-state index contributed by atoms with van der Waals surface area (Å²) in [5.74, 6) is -1.09. The smallest absolute Gasteiger partial charge is 0.412 e. The number of ether oxygens (including phenoxy) is 2. The molecule has 2 amide bonds. The van der Waals surface area contributed by atoms with Crippen molar-refractivity contribution >= 4 is 18.0 Å². The molecule has 0 radical (unpaired) electrons. The van der Waals surface area contributed by atoms with E-state index in [1.807, 2.05) is 0 Å². The number of nitrogens with zero attached hydrogens (tertiary/aromatic N) is 2. The van der Waals surface area contributed by atoms with Gasteiger partial charge in [0, 0.05) is 12.6 Å². The SMILES string of the molecule is COC(=O)[C@@H](C)NC(=O)OC[n+]1cccc(C(=O)NCCO[N+](=O)[O-])c1. The van der Waals surface area contributed by atoms with E-state index in [4.69, 9.17) is 4.74 Å². The number of esters is 1. The molecule has 142 valence electrons. The monoisotopic (exact) mass is 371 g/mol. The van der Waals surface area contributed by atoms with Gasteiger partial charge < -0.3 is 24.9 Å². The molecule has 0 aliphatic carbocycles. The number of rotatable bonds is 9. The van der Waals surface area contributed by atoms with Crippen LogP contribution in [0.2, 0.25) is 0 Å². The first-order valence-corrected chi connectivity index (χ1v) is 7.39.